The van der Waals surface area contributed by atoms with Crippen molar-refractivity contribution in [2.75, 3.05) is 57.4 Å². The molecule has 2 saturated heterocycles. The van der Waals surface area contributed by atoms with Crippen molar-refractivity contribution in [3.8, 4) is 0 Å². The van der Waals surface area contributed by atoms with Crippen LogP contribution in [0, 0.1) is 17.6 Å². The fourth-order valence-corrected chi connectivity index (χ4v) is 3.63. The molecule has 3 rings (SSSR count). The Labute approximate surface area is 194 Å². The highest BCUT2D eigenvalue weighted by Gasteiger charge is 2.23. The Morgan fingerprint density at radius 1 is 1.27 bits per heavy atom. The number of hydrogen-bond donors (Lipinski definition) is 2. The summed E-state index contributed by atoms with van der Waals surface area (Å²) in [5.74, 6) is -0.406. The van der Waals surface area contributed by atoms with Crippen LogP contribution in [0.3, 0.4) is 0 Å². The molecule has 2 aliphatic heterocycles. The number of rotatable bonds is 9. The largest absolute Gasteiger partial charge is 0.379 e. The Morgan fingerprint density at radius 3 is 2.87 bits per heavy atom. The molecule has 170 valence electrons. The van der Waals surface area contributed by atoms with E-state index in [0.717, 1.165) is 63.7 Å². The zero-order valence-electron chi connectivity index (χ0n) is 17.5. The van der Waals surface area contributed by atoms with Crippen LogP contribution in [0.5, 0.6) is 0 Å². The van der Waals surface area contributed by atoms with Crippen molar-refractivity contribution < 1.29 is 18.3 Å². The summed E-state index contributed by atoms with van der Waals surface area (Å²) in [7, 11) is 0. The molecule has 0 radical (unpaired) electrons. The molecule has 0 bridgehead atoms. The van der Waals surface area contributed by atoms with Gasteiger partial charge in [-0.25, -0.2) is 8.78 Å². The Kier molecular flexibility index (Phi) is 11.1. The van der Waals surface area contributed by atoms with E-state index in [4.69, 9.17) is 14.5 Å². The second-order valence-corrected chi connectivity index (χ2v) is 7.56. The van der Waals surface area contributed by atoms with Crippen molar-refractivity contribution in [2.45, 2.75) is 32.3 Å². The topological polar surface area (TPSA) is 58.1 Å². The van der Waals surface area contributed by atoms with Gasteiger partial charge in [0.2, 0.25) is 0 Å². The molecule has 2 N–H and O–H groups in total. The van der Waals surface area contributed by atoms with E-state index in [9.17, 15) is 8.78 Å². The van der Waals surface area contributed by atoms with Gasteiger partial charge in [-0.1, -0.05) is 0 Å². The van der Waals surface area contributed by atoms with Crippen molar-refractivity contribution in [2.24, 2.45) is 10.9 Å². The number of aliphatic imine (C=N–C) groups is 1. The summed E-state index contributed by atoms with van der Waals surface area (Å²) in [4.78, 5) is 6.79. The van der Waals surface area contributed by atoms with Gasteiger partial charge in [0.05, 0.1) is 12.7 Å². The number of anilines is 1. The monoisotopic (exact) mass is 538 g/mol. The Morgan fingerprint density at radius 2 is 2.13 bits per heavy atom. The summed E-state index contributed by atoms with van der Waals surface area (Å²) in [6, 6.07) is 4.09. The first kappa shape index (κ1) is 25.1. The first-order valence-electron chi connectivity index (χ1n) is 10.6. The SMILES string of the molecule is CCNC(=NCC1CCN(c2ccc(F)c(F)c2)C1)NCCCOC1CCOC1.I. The quantitative estimate of drug-likeness (QED) is 0.219. The number of nitrogens with one attached hydrogen (secondary N) is 2. The van der Waals surface area contributed by atoms with Crippen LogP contribution in [0.4, 0.5) is 14.5 Å². The number of benzene rings is 1. The van der Waals surface area contributed by atoms with Crippen molar-refractivity contribution in [1.29, 1.82) is 0 Å². The van der Waals surface area contributed by atoms with E-state index in [-0.39, 0.29) is 30.1 Å². The molecule has 1 aromatic rings. The lowest BCUT2D eigenvalue weighted by atomic mass is 10.1. The third kappa shape index (κ3) is 7.81. The normalized spacial score (nSPS) is 21.6. The van der Waals surface area contributed by atoms with Crippen LogP contribution >= 0.6 is 24.0 Å². The molecular weight excluding hydrogens is 505 g/mol. The zero-order chi connectivity index (χ0) is 20.5. The van der Waals surface area contributed by atoms with E-state index >= 15 is 0 Å². The second-order valence-electron chi connectivity index (χ2n) is 7.56. The van der Waals surface area contributed by atoms with Gasteiger partial charge in [-0.15, -0.1) is 24.0 Å². The van der Waals surface area contributed by atoms with E-state index in [0.29, 0.717) is 25.7 Å². The highest BCUT2D eigenvalue weighted by Crippen LogP contribution is 2.25. The maximum Gasteiger partial charge on any atom is 0.191 e. The minimum atomic E-state index is -0.808. The zero-order valence-corrected chi connectivity index (χ0v) is 19.9. The first-order chi connectivity index (χ1) is 14.2. The number of hydrogen-bond acceptors (Lipinski definition) is 4. The Hall–Kier alpha value is -1.20. The summed E-state index contributed by atoms with van der Waals surface area (Å²) in [6.07, 6.45) is 3.13. The minimum absolute atomic E-state index is 0. The predicted molar refractivity (Wildman–Crippen MR) is 126 cm³/mol. The molecule has 2 fully saturated rings. The smallest absolute Gasteiger partial charge is 0.191 e. The molecule has 0 saturated carbocycles. The van der Waals surface area contributed by atoms with Crippen molar-refractivity contribution in [3.05, 3.63) is 29.8 Å². The van der Waals surface area contributed by atoms with Crippen LogP contribution in [0.1, 0.15) is 26.2 Å². The number of nitrogens with zero attached hydrogens (tertiary/aromatic N) is 2. The summed E-state index contributed by atoms with van der Waals surface area (Å²) in [6.45, 7) is 8.19. The molecule has 2 heterocycles. The third-order valence-electron chi connectivity index (χ3n) is 5.26. The van der Waals surface area contributed by atoms with Gasteiger partial charge in [0.25, 0.3) is 0 Å². The van der Waals surface area contributed by atoms with Crippen LogP contribution in [-0.4, -0.2) is 64.6 Å². The van der Waals surface area contributed by atoms with E-state index in [1.807, 2.05) is 6.92 Å². The first-order valence-corrected chi connectivity index (χ1v) is 10.6. The fourth-order valence-electron chi connectivity index (χ4n) is 3.63. The van der Waals surface area contributed by atoms with E-state index in [1.165, 1.54) is 12.1 Å². The highest BCUT2D eigenvalue weighted by molar-refractivity contribution is 14.0. The van der Waals surface area contributed by atoms with Gasteiger partial charge in [0.15, 0.2) is 17.6 Å². The highest BCUT2D eigenvalue weighted by atomic mass is 127. The minimum Gasteiger partial charge on any atom is -0.379 e. The maximum atomic E-state index is 13.5. The summed E-state index contributed by atoms with van der Waals surface area (Å²) >= 11 is 0. The average Bonchev–Trinajstić information content (AvgIpc) is 3.40. The number of ether oxygens (including phenoxy) is 2. The van der Waals surface area contributed by atoms with Crippen molar-refractivity contribution in [3.63, 3.8) is 0 Å². The van der Waals surface area contributed by atoms with E-state index < -0.39 is 11.6 Å². The van der Waals surface area contributed by atoms with Crippen LogP contribution in [0.25, 0.3) is 0 Å². The molecule has 0 spiro atoms. The fraction of sp³-hybridized carbons (Fsp3) is 0.667. The molecule has 2 atom stereocenters. The van der Waals surface area contributed by atoms with Gasteiger partial charge < -0.3 is 25.0 Å². The van der Waals surface area contributed by atoms with Crippen LogP contribution in [-0.2, 0) is 9.47 Å². The lowest BCUT2D eigenvalue weighted by molar-refractivity contribution is 0.0420. The molecule has 2 aliphatic rings. The van der Waals surface area contributed by atoms with Gasteiger partial charge in [-0.2, -0.15) is 0 Å². The molecule has 0 amide bonds. The van der Waals surface area contributed by atoms with Gasteiger partial charge >= 0.3 is 0 Å². The average molecular weight is 538 g/mol. The molecule has 9 heteroatoms. The number of guanidine groups is 1. The molecule has 0 aromatic heterocycles. The van der Waals surface area contributed by atoms with Crippen LogP contribution in [0.15, 0.2) is 23.2 Å². The summed E-state index contributed by atoms with van der Waals surface area (Å²) < 4.78 is 37.7. The standard InChI is InChI=1S/C21H32F2N4O2.HI/c1-2-24-21(25-8-3-10-29-18-7-11-28-15-18)26-13-16-6-9-27(14-16)17-4-5-19(22)20(23)12-17;/h4-5,12,16,18H,2-3,6-11,13-15H2,1H3,(H2,24,25,26);1H. The molecule has 30 heavy (non-hydrogen) atoms. The predicted octanol–water partition coefficient (Wildman–Crippen LogP) is 3.16. The molecule has 1 aromatic carbocycles. The summed E-state index contributed by atoms with van der Waals surface area (Å²) in [5, 5.41) is 6.62. The van der Waals surface area contributed by atoms with Gasteiger partial charge in [0, 0.05) is 57.7 Å². The molecule has 6 nitrogen and oxygen atoms in total. The van der Waals surface area contributed by atoms with E-state index in [1.54, 1.807) is 6.07 Å². The van der Waals surface area contributed by atoms with Crippen LogP contribution < -0.4 is 15.5 Å². The Balaban J connectivity index is 0.00000320. The van der Waals surface area contributed by atoms with E-state index in [2.05, 4.69) is 15.5 Å². The molecule has 0 aliphatic carbocycles. The maximum absolute atomic E-state index is 13.5. The summed E-state index contributed by atoms with van der Waals surface area (Å²) in [5.41, 5.74) is 0.730. The molecular formula is C21H33F2IN4O2. The lowest BCUT2D eigenvalue weighted by Crippen LogP contribution is -2.38. The Bertz CT molecular complexity index is 674. The van der Waals surface area contributed by atoms with Gasteiger partial charge in [0.1, 0.15) is 0 Å². The van der Waals surface area contributed by atoms with Crippen molar-refractivity contribution in [1.82, 2.24) is 10.6 Å². The van der Waals surface area contributed by atoms with Gasteiger partial charge in [-0.05, 0) is 44.2 Å². The molecule has 2 unspecified atom stereocenters. The second kappa shape index (κ2) is 13.3. The number of halogens is 3. The third-order valence-corrected chi connectivity index (χ3v) is 5.26. The lowest BCUT2D eigenvalue weighted by Gasteiger charge is -2.18. The van der Waals surface area contributed by atoms with Crippen LogP contribution in [0.2, 0.25) is 0 Å². The van der Waals surface area contributed by atoms with Crippen molar-refractivity contribution >= 4 is 35.6 Å². The van der Waals surface area contributed by atoms with Gasteiger partial charge in [-0.3, -0.25) is 4.99 Å².